The number of aliphatic hydroxyl groups excluding tert-OH is 1. The summed E-state index contributed by atoms with van der Waals surface area (Å²) in [5.74, 6) is -0.372. The van der Waals surface area contributed by atoms with Crippen LogP contribution in [0.4, 0.5) is 0 Å². The monoisotopic (exact) mass is 202 g/mol. The summed E-state index contributed by atoms with van der Waals surface area (Å²) in [4.78, 5) is 15.4. The van der Waals surface area contributed by atoms with Crippen LogP contribution in [0.25, 0.3) is 10.8 Å². The van der Waals surface area contributed by atoms with Gasteiger partial charge in [-0.05, 0) is 11.5 Å². The molecule has 0 saturated carbocycles. The third-order valence-corrected chi connectivity index (χ3v) is 2.10. The number of carbonyl (C=O) groups excluding carboxylic acids is 1. The first-order valence-corrected chi connectivity index (χ1v) is 4.55. The van der Waals surface area contributed by atoms with Crippen LogP contribution in [-0.2, 0) is 0 Å². The van der Waals surface area contributed by atoms with Gasteiger partial charge in [0.15, 0.2) is 0 Å². The molecule has 0 spiro atoms. The molecule has 76 valence electrons. The Morgan fingerprint density at radius 3 is 2.80 bits per heavy atom. The third-order valence-electron chi connectivity index (χ3n) is 2.10. The normalized spacial score (nSPS) is 10.2. The van der Waals surface area contributed by atoms with Gasteiger partial charge in [-0.15, -0.1) is 0 Å². The van der Waals surface area contributed by atoms with E-state index >= 15 is 0 Å². The second-order valence-electron chi connectivity index (χ2n) is 3.08. The SMILES string of the molecule is O=C(NCO)c1cc2ccccc2cn1. The minimum Gasteiger partial charge on any atom is -0.376 e. The van der Waals surface area contributed by atoms with E-state index in [2.05, 4.69) is 10.3 Å². The molecule has 4 heteroatoms. The predicted molar refractivity (Wildman–Crippen MR) is 56.3 cm³/mol. The Morgan fingerprint density at radius 1 is 1.33 bits per heavy atom. The van der Waals surface area contributed by atoms with Crippen LogP contribution in [0.3, 0.4) is 0 Å². The molecule has 1 heterocycles. The maximum atomic E-state index is 11.4. The minimum absolute atomic E-state index is 0.308. The van der Waals surface area contributed by atoms with Crippen molar-refractivity contribution in [1.29, 1.82) is 0 Å². The zero-order valence-electron chi connectivity index (χ0n) is 7.97. The molecule has 0 aliphatic heterocycles. The summed E-state index contributed by atoms with van der Waals surface area (Å²) in [6.07, 6.45) is 1.64. The number of nitrogens with one attached hydrogen (secondary N) is 1. The van der Waals surface area contributed by atoms with Crippen molar-refractivity contribution in [2.24, 2.45) is 0 Å². The van der Waals surface area contributed by atoms with E-state index in [-0.39, 0.29) is 12.6 Å². The van der Waals surface area contributed by atoms with Gasteiger partial charge >= 0.3 is 0 Å². The Bertz CT molecular complexity index is 497. The number of pyridine rings is 1. The highest BCUT2D eigenvalue weighted by molar-refractivity contribution is 5.96. The van der Waals surface area contributed by atoms with Gasteiger partial charge in [0.05, 0.1) is 0 Å². The van der Waals surface area contributed by atoms with Gasteiger partial charge in [-0.3, -0.25) is 9.78 Å². The summed E-state index contributed by atoms with van der Waals surface area (Å²) >= 11 is 0. The molecule has 2 aromatic rings. The van der Waals surface area contributed by atoms with Gasteiger partial charge < -0.3 is 10.4 Å². The van der Waals surface area contributed by atoms with Crippen molar-refractivity contribution < 1.29 is 9.90 Å². The van der Waals surface area contributed by atoms with Crippen LogP contribution >= 0.6 is 0 Å². The highest BCUT2D eigenvalue weighted by Crippen LogP contribution is 2.12. The fraction of sp³-hybridized carbons (Fsp3) is 0.0909. The quantitative estimate of drug-likeness (QED) is 0.711. The molecule has 1 aromatic heterocycles. The first kappa shape index (κ1) is 9.61. The molecule has 0 aliphatic rings. The van der Waals surface area contributed by atoms with Crippen molar-refractivity contribution in [3.63, 3.8) is 0 Å². The van der Waals surface area contributed by atoms with E-state index in [0.29, 0.717) is 5.69 Å². The van der Waals surface area contributed by atoms with Gasteiger partial charge in [0.2, 0.25) is 0 Å². The van der Waals surface area contributed by atoms with Gasteiger partial charge in [-0.2, -0.15) is 0 Å². The van der Waals surface area contributed by atoms with Crippen molar-refractivity contribution in [1.82, 2.24) is 10.3 Å². The first-order chi connectivity index (χ1) is 7.31. The van der Waals surface area contributed by atoms with E-state index in [1.54, 1.807) is 12.3 Å². The standard InChI is InChI=1S/C11H10N2O2/c14-7-13-11(15)10-5-8-3-1-2-4-9(8)6-12-10/h1-6,14H,7H2,(H,13,15). The van der Waals surface area contributed by atoms with E-state index in [1.807, 2.05) is 24.3 Å². The van der Waals surface area contributed by atoms with Crippen molar-refractivity contribution in [2.45, 2.75) is 0 Å². The molecule has 0 bridgehead atoms. The minimum atomic E-state index is -0.382. The summed E-state index contributed by atoms with van der Waals surface area (Å²) in [6.45, 7) is -0.382. The molecular weight excluding hydrogens is 192 g/mol. The van der Waals surface area contributed by atoms with Crippen LogP contribution < -0.4 is 5.32 Å². The summed E-state index contributed by atoms with van der Waals surface area (Å²) in [6, 6.07) is 9.34. The average Bonchev–Trinajstić information content (AvgIpc) is 2.29. The summed E-state index contributed by atoms with van der Waals surface area (Å²) in [5, 5.41) is 12.8. The lowest BCUT2D eigenvalue weighted by Gasteiger charge is -2.02. The molecule has 2 N–H and O–H groups in total. The Labute approximate surface area is 86.6 Å². The molecule has 4 nitrogen and oxygen atoms in total. The maximum Gasteiger partial charge on any atom is 0.271 e. The van der Waals surface area contributed by atoms with Gasteiger partial charge in [0.1, 0.15) is 12.4 Å². The fourth-order valence-corrected chi connectivity index (χ4v) is 1.37. The maximum absolute atomic E-state index is 11.4. The zero-order chi connectivity index (χ0) is 10.7. The largest absolute Gasteiger partial charge is 0.376 e. The lowest BCUT2D eigenvalue weighted by molar-refractivity contribution is 0.0905. The molecule has 1 amide bonds. The highest BCUT2D eigenvalue weighted by Gasteiger charge is 2.05. The summed E-state index contributed by atoms with van der Waals surface area (Å²) < 4.78 is 0. The second-order valence-corrected chi connectivity index (χ2v) is 3.08. The van der Waals surface area contributed by atoms with E-state index in [1.165, 1.54) is 0 Å². The van der Waals surface area contributed by atoms with E-state index < -0.39 is 0 Å². The fourth-order valence-electron chi connectivity index (χ4n) is 1.37. The van der Waals surface area contributed by atoms with Crippen LogP contribution in [0.1, 0.15) is 10.5 Å². The van der Waals surface area contributed by atoms with Crippen LogP contribution in [0.15, 0.2) is 36.5 Å². The van der Waals surface area contributed by atoms with Crippen LogP contribution in [-0.4, -0.2) is 22.7 Å². The molecule has 0 fully saturated rings. The summed E-state index contributed by atoms with van der Waals surface area (Å²) in [5.41, 5.74) is 0.308. The molecule has 0 radical (unpaired) electrons. The first-order valence-electron chi connectivity index (χ1n) is 4.55. The van der Waals surface area contributed by atoms with Gasteiger partial charge in [-0.1, -0.05) is 24.3 Å². The number of hydrogen-bond acceptors (Lipinski definition) is 3. The predicted octanol–water partition coefficient (Wildman–Crippen LogP) is 0.914. The molecule has 15 heavy (non-hydrogen) atoms. The second kappa shape index (κ2) is 4.06. The molecule has 0 saturated heterocycles. The number of rotatable bonds is 2. The van der Waals surface area contributed by atoms with Crippen molar-refractivity contribution in [3.05, 3.63) is 42.2 Å². The van der Waals surface area contributed by atoms with Gasteiger partial charge in [0, 0.05) is 11.6 Å². The molecule has 0 atom stereocenters. The topological polar surface area (TPSA) is 62.2 Å². The van der Waals surface area contributed by atoms with E-state index in [9.17, 15) is 4.79 Å². The van der Waals surface area contributed by atoms with E-state index in [4.69, 9.17) is 5.11 Å². The van der Waals surface area contributed by atoms with E-state index in [0.717, 1.165) is 10.8 Å². The number of hydrogen-bond donors (Lipinski definition) is 2. The lowest BCUT2D eigenvalue weighted by atomic mass is 10.1. The Kier molecular flexibility index (Phi) is 2.60. The Hall–Kier alpha value is -1.94. The highest BCUT2D eigenvalue weighted by atomic mass is 16.3. The molecule has 2 rings (SSSR count). The number of aromatic nitrogens is 1. The molecule has 1 aromatic carbocycles. The average molecular weight is 202 g/mol. The number of nitrogens with zero attached hydrogens (tertiary/aromatic N) is 1. The molecule has 0 unspecified atom stereocenters. The zero-order valence-corrected chi connectivity index (χ0v) is 7.97. The number of amides is 1. The van der Waals surface area contributed by atoms with Gasteiger partial charge in [0.25, 0.3) is 5.91 Å². The summed E-state index contributed by atoms with van der Waals surface area (Å²) in [7, 11) is 0. The Balaban J connectivity index is 2.42. The van der Waals surface area contributed by atoms with Gasteiger partial charge in [-0.25, -0.2) is 0 Å². The number of aliphatic hydroxyl groups is 1. The molecule has 0 aliphatic carbocycles. The van der Waals surface area contributed by atoms with Crippen molar-refractivity contribution >= 4 is 16.7 Å². The number of carbonyl (C=O) groups is 1. The molecular formula is C11H10N2O2. The third kappa shape index (κ3) is 1.94. The number of benzene rings is 1. The van der Waals surface area contributed by atoms with Crippen LogP contribution in [0, 0.1) is 0 Å². The van der Waals surface area contributed by atoms with Crippen molar-refractivity contribution in [3.8, 4) is 0 Å². The smallest absolute Gasteiger partial charge is 0.271 e. The lowest BCUT2D eigenvalue weighted by Crippen LogP contribution is -2.24. The number of fused-ring (bicyclic) bond motifs is 1. The van der Waals surface area contributed by atoms with Crippen LogP contribution in [0.2, 0.25) is 0 Å². The van der Waals surface area contributed by atoms with Crippen LogP contribution in [0.5, 0.6) is 0 Å². The van der Waals surface area contributed by atoms with Crippen molar-refractivity contribution in [2.75, 3.05) is 6.73 Å². The Morgan fingerprint density at radius 2 is 2.07 bits per heavy atom.